The number of alkyl halides is 2. The molecule has 6 heteroatoms. The Kier molecular flexibility index (Phi) is 4.37. The highest BCUT2D eigenvalue weighted by Crippen LogP contribution is 2.26. The van der Waals surface area contributed by atoms with Crippen LogP contribution in [-0.4, -0.2) is 17.6 Å². The van der Waals surface area contributed by atoms with Crippen molar-refractivity contribution in [3.05, 3.63) is 23.0 Å². The van der Waals surface area contributed by atoms with Crippen molar-refractivity contribution < 1.29 is 18.3 Å². The number of ether oxygens (including phenoxy) is 1. The molecule has 1 aromatic rings. The van der Waals surface area contributed by atoms with E-state index in [0.717, 1.165) is 0 Å². The molecule has 0 saturated heterocycles. The van der Waals surface area contributed by atoms with Crippen molar-refractivity contribution in [2.75, 3.05) is 12.3 Å². The van der Waals surface area contributed by atoms with Crippen LogP contribution in [0.15, 0.2) is 6.07 Å². The van der Waals surface area contributed by atoms with Crippen LogP contribution in [0, 0.1) is 6.92 Å². The van der Waals surface area contributed by atoms with E-state index in [9.17, 15) is 13.6 Å². The van der Waals surface area contributed by atoms with E-state index in [0.29, 0.717) is 11.3 Å². The molecule has 0 aliphatic heterocycles. The lowest BCUT2D eigenvalue weighted by Crippen LogP contribution is -2.12. The lowest BCUT2D eigenvalue weighted by atomic mass is 10.1. The van der Waals surface area contributed by atoms with Gasteiger partial charge in [-0.2, -0.15) is 0 Å². The second-order valence-electron chi connectivity index (χ2n) is 3.50. The summed E-state index contributed by atoms with van der Waals surface area (Å²) in [4.78, 5) is 14.9. The zero-order chi connectivity index (χ0) is 13.0. The summed E-state index contributed by atoms with van der Waals surface area (Å²) in [5, 5.41) is 0. The minimum atomic E-state index is -2.75. The molecule has 17 heavy (non-hydrogen) atoms. The molecule has 1 aromatic heterocycles. The Labute approximate surface area is 97.8 Å². The van der Waals surface area contributed by atoms with Crippen LogP contribution in [0.2, 0.25) is 0 Å². The predicted octanol–water partition coefficient (Wildman–Crippen LogP) is 2.02. The molecule has 0 unspecified atom stereocenters. The van der Waals surface area contributed by atoms with Gasteiger partial charge in [0.25, 0.3) is 6.43 Å². The molecule has 0 aliphatic carbocycles. The quantitative estimate of drug-likeness (QED) is 0.823. The largest absolute Gasteiger partial charge is 0.466 e. The van der Waals surface area contributed by atoms with Crippen LogP contribution >= 0.6 is 0 Å². The molecule has 0 aromatic carbocycles. The highest BCUT2D eigenvalue weighted by atomic mass is 19.3. The van der Waals surface area contributed by atoms with Gasteiger partial charge in [-0.1, -0.05) is 0 Å². The molecule has 0 amide bonds. The van der Waals surface area contributed by atoms with E-state index in [1.54, 1.807) is 13.8 Å². The first-order valence-electron chi connectivity index (χ1n) is 5.15. The zero-order valence-corrected chi connectivity index (χ0v) is 9.67. The standard InChI is InChI=1S/C11H14F2N2O2/c1-3-17-8(16)5-7-4-6(2)15-10(9(7)14)11(12)13/h4,11H,3,5,14H2,1-2H3. The van der Waals surface area contributed by atoms with Crippen LogP contribution in [0.25, 0.3) is 0 Å². The Bertz CT molecular complexity index is 422. The smallest absolute Gasteiger partial charge is 0.310 e. The average Bonchev–Trinajstić information content (AvgIpc) is 2.22. The Balaban J connectivity index is 3.03. The van der Waals surface area contributed by atoms with Crippen molar-refractivity contribution in [3.63, 3.8) is 0 Å². The number of aromatic nitrogens is 1. The molecule has 1 rings (SSSR count). The van der Waals surface area contributed by atoms with Gasteiger partial charge >= 0.3 is 5.97 Å². The number of anilines is 1. The topological polar surface area (TPSA) is 65.2 Å². The van der Waals surface area contributed by atoms with Gasteiger partial charge in [0.15, 0.2) is 0 Å². The van der Waals surface area contributed by atoms with Gasteiger partial charge in [-0.15, -0.1) is 0 Å². The van der Waals surface area contributed by atoms with Gasteiger partial charge < -0.3 is 10.5 Å². The molecule has 0 fully saturated rings. The van der Waals surface area contributed by atoms with Crippen LogP contribution in [-0.2, 0) is 16.0 Å². The number of carbonyl (C=O) groups excluding carboxylic acids is 1. The summed E-state index contributed by atoms with van der Waals surface area (Å²) < 4.78 is 30.0. The molecular formula is C11H14F2N2O2. The van der Waals surface area contributed by atoms with Crippen LogP contribution < -0.4 is 5.73 Å². The number of hydrogen-bond acceptors (Lipinski definition) is 4. The maximum Gasteiger partial charge on any atom is 0.310 e. The highest BCUT2D eigenvalue weighted by molar-refractivity contribution is 5.75. The van der Waals surface area contributed by atoms with Crippen molar-refractivity contribution in [2.24, 2.45) is 0 Å². The third-order valence-corrected chi connectivity index (χ3v) is 2.15. The zero-order valence-electron chi connectivity index (χ0n) is 9.67. The molecule has 0 radical (unpaired) electrons. The van der Waals surface area contributed by atoms with Gasteiger partial charge in [0.1, 0.15) is 5.69 Å². The monoisotopic (exact) mass is 244 g/mol. The van der Waals surface area contributed by atoms with Crippen LogP contribution in [0.5, 0.6) is 0 Å². The van der Waals surface area contributed by atoms with Crippen molar-refractivity contribution in [2.45, 2.75) is 26.7 Å². The normalized spacial score (nSPS) is 10.6. The maximum absolute atomic E-state index is 12.6. The van der Waals surface area contributed by atoms with E-state index in [1.807, 2.05) is 0 Å². The molecule has 0 saturated carbocycles. The fourth-order valence-corrected chi connectivity index (χ4v) is 1.46. The Morgan fingerprint density at radius 2 is 2.24 bits per heavy atom. The minimum absolute atomic E-state index is 0.122. The molecule has 94 valence electrons. The van der Waals surface area contributed by atoms with Gasteiger partial charge in [-0.3, -0.25) is 4.79 Å². The molecule has 0 spiro atoms. The molecule has 1 heterocycles. The first-order chi connectivity index (χ1) is 7.95. The van der Waals surface area contributed by atoms with E-state index in [1.165, 1.54) is 6.07 Å². The Hall–Kier alpha value is -1.72. The molecular weight excluding hydrogens is 230 g/mol. The molecule has 0 aliphatic rings. The molecule has 2 N–H and O–H groups in total. The van der Waals surface area contributed by atoms with Crippen LogP contribution in [0.3, 0.4) is 0 Å². The Morgan fingerprint density at radius 3 is 2.76 bits per heavy atom. The summed E-state index contributed by atoms with van der Waals surface area (Å²) in [6.07, 6.45) is -2.88. The maximum atomic E-state index is 12.6. The number of nitrogen functional groups attached to an aromatic ring is 1. The number of rotatable bonds is 4. The SMILES string of the molecule is CCOC(=O)Cc1cc(C)nc(C(F)F)c1N. The second-order valence-corrected chi connectivity index (χ2v) is 3.50. The Morgan fingerprint density at radius 1 is 1.59 bits per heavy atom. The van der Waals surface area contributed by atoms with E-state index in [2.05, 4.69) is 4.98 Å². The summed E-state index contributed by atoms with van der Waals surface area (Å²) in [5.41, 5.74) is 5.65. The van der Waals surface area contributed by atoms with Gasteiger partial charge in [-0.25, -0.2) is 13.8 Å². The highest BCUT2D eigenvalue weighted by Gasteiger charge is 2.18. The minimum Gasteiger partial charge on any atom is -0.466 e. The van der Waals surface area contributed by atoms with Crippen molar-refractivity contribution in [1.82, 2.24) is 4.98 Å². The molecule has 0 atom stereocenters. The number of hydrogen-bond donors (Lipinski definition) is 1. The number of nitrogens with two attached hydrogens (primary N) is 1. The van der Waals surface area contributed by atoms with Gasteiger partial charge in [-0.05, 0) is 25.5 Å². The number of esters is 1. The predicted molar refractivity (Wildman–Crippen MR) is 58.7 cm³/mol. The summed E-state index contributed by atoms with van der Waals surface area (Å²) in [6, 6.07) is 1.51. The lowest BCUT2D eigenvalue weighted by Gasteiger charge is -2.10. The van der Waals surface area contributed by atoms with Crippen molar-refractivity contribution in [3.8, 4) is 0 Å². The average molecular weight is 244 g/mol. The fraction of sp³-hybridized carbons (Fsp3) is 0.455. The number of nitrogens with zero attached hydrogens (tertiary/aromatic N) is 1. The van der Waals surface area contributed by atoms with Crippen molar-refractivity contribution >= 4 is 11.7 Å². The second kappa shape index (κ2) is 5.56. The summed E-state index contributed by atoms with van der Waals surface area (Å²) in [6.45, 7) is 3.48. The van der Waals surface area contributed by atoms with E-state index >= 15 is 0 Å². The summed E-state index contributed by atoms with van der Waals surface area (Å²) in [7, 11) is 0. The number of aryl methyl sites for hydroxylation is 1. The number of halogens is 2. The number of carbonyl (C=O) groups is 1. The van der Waals surface area contributed by atoms with Crippen molar-refractivity contribution in [1.29, 1.82) is 0 Å². The van der Waals surface area contributed by atoms with E-state index in [4.69, 9.17) is 10.5 Å². The van der Waals surface area contributed by atoms with Crippen LogP contribution in [0.1, 0.15) is 30.3 Å². The summed E-state index contributed by atoms with van der Waals surface area (Å²) in [5.74, 6) is -0.495. The molecule has 0 bridgehead atoms. The van der Waals surface area contributed by atoms with E-state index in [-0.39, 0.29) is 18.7 Å². The fourth-order valence-electron chi connectivity index (χ4n) is 1.46. The first-order valence-corrected chi connectivity index (χ1v) is 5.15. The number of pyridine rings is 1. The van der Waals surface area contributed by atoms with Gasteiger partial charge in [0.05, 0.1) is 18.7 Å². The first kappa shape index (κ1) is 13.3. The van der Waals surface area contributed by atoms with Gasteiger partial charge in [0, 0.05) is 5.69 Å². The van der Waals surface area contributed by atoms with Crippen LogP contribution in [0.4, 0.5) is 14.5 Å². The third-order valence-electron chi connectivity index (χ3n) is 2.15. The summed E-state index contributed by atoms with van der Waals surface area (Å²) >= 11 is 0. The van der Waals surface area contributed by atoms with E-state index < -0.39 is 18.1 Å². The third kappa shape index (κ3) is 3.37. The molecule has 4 nitrogen and oxygen atoms in total. The lowest BCUT2D eigenvalue weighted by molar-refractivity contribution is -0.142. The van der Waals surface area contributed by atoms with Gasteiger partial charge in [0.2, 0.25) is 0 Å².